The van der Waals surface area contributed by atoms with Crippen LogP contribution in [0.15, 0.2) is 36.4 Å². The van der Waals surface area contributed by atoms with Gasteiger partial charge in [-0.05, 0) is 48.7 Å². The molecule has 0 bridgehead atoms. The molecule has 0 spiro atoms. The van der Waals surface area contributed by atoms with Crippen molar-refractivity contribution < 1.29 is 22.7 Å². The minimum Gasteiger partial charge on any atom is -0.494 e. The summed E-state index contributed by atoms with van der Waals surface area (Å²) in [6.45, 7) is 5.78. The van der Waals surface area contributed by atoms with Crippen LogP contribution in [0.2, 0.25) is 0 Å². The lowest BCUT2D eigenvalue weighted by Gasteiger charge is -2.30. The van der Waals surface area contributed by atoms with Crippen LogP contribution in [0.4, 0.5) is 13.2 Å². The predicted molar refractivity (Wildman–Crippen MR) is 97.2 cm³/mol. The van der Waals surface area contributed by atoms with E-state index in [2.05, 4.69) is 5.43 Å². The van der Waals surface area contributed by atoms with Crippen LogP contribution in [-0.4, -0.2) is 30.2 Å². The number of carbonyl (C=O) groups is 1. The molecule has 2 aromatic carbocycles. The van der Waals surface area contributed by atoms with Gasteiger partial charge in [0, 0.05) is 6.54 Å². The van der Waals surface area contributed by atoms with Crippen LogP contribution in [0.1, 0.15) is 38.8 Å². The standard InChI is InChI=1S/C20H23F3N2O2/c1-4-10-27-14-8-9-15-13(11-14)6-5-7-16(15)17(20(21,22)23)25-12-19(2,3)18(26)24-25/h5-9,11,17H,4,10,12H2,1-3H3,(H,24,26). The topological polar surface area (TPSA) is 41.6 Å². The zero-order valence-electron chi connectivity index (χ0n) is 15.6. The molecule has 0 aliphatic carbocycles. The Kier molecular flexibility index (Phi) is 5.08. The second-order valence-corrected chi connectivity index (χ2v) is 7.48. The second-order valence-electron chi connectivity index (χ2n) is 7.48. The van der Waals surface area contributed by atoms with E-state index in [-0.39, 0.29) is 12.1 Å². The zero-order chi connectivity index (χ0) is 19.8. The third-order valence-electron chi connectivity index (χ3n) is 4.70. The van der Waals surface area contributed by atoms with E-state index >= 15 is 0 Å². The summed E-state index contributed by atoms with van der Waals surface area (Å²) in [5, 5.41) is 2.15. The molecule has 4 nitrogen and oxygen atoms in total. The van der Waals surface area contributed by atoms with Crippen molar-refractivity contribution in [3.8, 4) is 5.75 Å². The molecule has 3 rings (SSSR count). The molecule has 1 N–H and O–H groups in total. The SMILES string of the molecule is CCCOc1ccc2c(C(N3CC(C)(C)C(=O)N3)C(F)(F)F)cccc2c1. The first-order valence-corrected chi connectivity index (χ1v) is 8.93. The number of nitrogens with zero attached hydrogens (tertiary/aromatic N) is 1. The zero-order valence-corrected chi connectivity index (χ0v) is 15.6. The van der Waals surface area contributed by atoms with Gasteiger partial charge in [0.15, 0.2) is 6.04 Å². The van der Waals surface area contributed by atoms with Gasteiger partial charge in [0.2, 0.25) is 5.91 Å². The van der Waals surface area contributed by atoms with E-state index in [1.165, 1.54) is 6.07 Å². The van der Waals surface area contributed by atoms with Crippen molar-refractivity contribution in [3.63, 3.8) is 0 Å². The van der Waals surface area contributed by atoms with Gasteiger partial charge < -0.3 is 4.74 Å². The smallest absolute Gasteiger partial charge is 0.409 e. The Balaban J connectivity index is 2.05. The number of amides is 1. The summed E-state index contributed by atoms with van der Waals surface area (Å²) < 4.78 is 47.6. The van der Waals surface area contributed by atoms with Crippen LogP contribution in [0.25, 0.3) is 10.8 Å². The maximum atomic E-state index is 14.0. The minimum atomic E-state index is -4.54. The number of alkyl halides is 3. The van der Waals surface area contributed by atoms with Gasteiger partial charge in [0.25, 0.3) is 0 Å². The second kappa shape index (κ2) is 7.03. The van der Waals surface area contributed by atoms with E-state index in [0.29, 0.717) is 23.1 Å². The molecule has 0 aromatic heterocycles. The Labute approximate surface area is 156 Å². The van der Waals surface area contributed by atoms with Crippen LogP contribution in [-0.2, 0) is 4.79 Å². The molecule has 1 unspecified atom stereocenters. The van der Waals surface area contributed by atoms with E-state index in [1.54, 1.807) is 44.2 Å². The van der Waals surface area contributed by atoms with Crippen molar-refractivity contribution in [1.82, 2.24) is 10.4 Å². The van der Waals surface area contributed by atoms with Crippen LogP contribution in [0.3, 0.4) is 0 Å². The summed E-state index contributed by atoms with van der Waals surface area (Å²) in [4.78, 5) is 12.0. The van der Waals surface area contributed by atoms with Gasteiger partial charge in [-0.15, -0.1) is 0 Å². The van der Waals surface area contributed by atoms with Gasteiger partial charge in [-0.3, -0.25) is 10.2 Å². The molecule has 1 fully saturated rings. The van der Waals surface area contributed by atoms with E-state index in [0.717, 1.165) is 11.4 Å². The fourth-order valence-electron chi connectivity index (χ4n) is 3.33. The van der Waals surface area contributed by atoms with E-state index in [9.17, 15) is 18.0 Å². The molecule has 2 aromatic rings. The van der Waals surface area contributed by atoms with Gasteiger partial charge in [-0.1, -0.05) is 31.2 Å². The predicted octanol–water partition coefficient (Wildman–Crippen LogP) is 4.61. The maximum absolute atomic E-state index is 14.0. The Morgan fingerprint density at radius 1 is 1.26 bits per heavy atom. The number of hydrazine groups is 1. The van der Waals surface area contributed by atoms with E-state index in [1.807, 2.05) is 6.92 Å². The van der Waals surface area contributed by atoms with Crippen LogP contribution < -0.4 is 10.2 Å². The summed E-state index contributed by atoms with van der Waals surface area (Å²) in [6, 6.07) is 7.98. The summed E-state index contributed by atoms with van der Waals surface area (Å²) in [6.07, 6.45) is -3.70. The number of halogens is 3. The average Bonchev–Trinajstić information content (AvgIpc) is 2.84. The van der Waals surface area contributed by atoms with Crippen molar-refractivity contribution in [1.29, 1.82) is 0 Å². The number of rotatable bonds is 5. The normalized spacial score (nSPS) is 18.5. The van der Waals surface area contributed by atoms with E-state index in [4.69, 9.17) is 4.74 Å². The summed E-state index contributed by atoms with van der Waals surface area (Å²) >= 11 is 0. The highest BCUT2D eigenvalue weighted by molar-refractivity contribution is 5.88. The number of hydrogen-bond donors (Lipinski definition) is 1. The molecule has 1 heterocycles. The monoisotopic (exact) mass is 380 g/mol. The molecule has 1 aliphatic heterocycles. The third kappa shape index (κ3) is 3.88. The number of fused-ring (bicyclic) bond motifs is 1. The molecule has 1 aliphatic rings. The molecule has 1 atom stereocenters. The molecular formula is C20H23F3N2O2. The highest BCUT2D eigenvalue weighted by Crippen LogP contribution is 2.43. The first-order chi connectivity index (χ1) is 12.6. The van der Waals surface area contributed by atoms with Crippen molar-refractivity contribution in [2.75, 3.05) is 13.2 Å². The van der Waals surface area contributed by atoms with Crippen LogP contribution >= 0.6 is 0 Å². The summed E-state index contributed by atoms with van der Waals surface area (Å²) in [5.41, 5.74) is 1.63. The number of carbonyl (C=O) groups excluding carboxylic acids is 1. The fraction of sp³-hybridized carbons (Fsp3) is 0.450. The maximum Gasteiger partial charge on any atom is 0.409 e. The minimum absolute atomic E-state index is 0.0237. The number of hydrogen-bond acceptors (Lipinski definition) is 3. The van der Waals surface area contributed by atoms with E-state index < -0.39 is 23.5 Å². The number of benzene rings is 2. The Morgan fingerprint density at radius 3 is 2.59 bits per heavy atom. The van der Waals surface area contributed by atoms with Crippen molar-refractivity contribution in [2.24, 2.45) is 5.41 Å². The Morgan fingerprint density at radius 2 is 2.00 bits per heavy atom. The quantitative estimate of drug-likeness (QED) is 0.824. The largest absolute Gasteiger partial charge is 0.494 e. The third-order valence-corrected chi connectivity index (χ3v) is 4.70. The van der Waals surface area contributed by atoms with Gasteiger partial charge >= 0.3 is 6.18 Å². The molecule has 7 heteroatoms. The first kappa shape index (κ1) is 19.5. The van der Waals surface area contributed by atoms with Crippen molar-refractivity contribution in [2.45, 2.75) is 39.4 Å². The molecule has 0 radical (unpaired) electrons. The molecule has 1 amide bonds. The average molecular weight is 380 g/mol. The molecule has 146 valence electrons. The number of ether oxygens (including phenoxy) is 1. The van der Waals surface area contributed by atoms with Crippen LogP contribution in [0.5, 0.6) is 5.75 Å². The van der Waals surface area contributed by atoms with Crippen LogP contribution in [0, 0.1) is 5.41 Å². The van der Waals surface area contributed by atoms with Gasteiger partial charge in [0.05, 0.1) is 12.0 Å². The lowest BCUT2D eigenvalue weighted by atomic mass is 9.93. The van der Waals surface area contributed by atoms with Gasteiger partial charge in [0.1, 0.15) is 5.75 Å². The molecule has 0 saturated carbocycles. The molecule has 27 heavy (non-hydrogen) atoms. The fourth-order valence-corrected chi connectivity index (χ4v) is 3.33. The molecule has 1 saturated heterocycles. The van der Waals surface area contributed by atoms with Gasteiger partial charge in [-0.2, -0.15) is 13.2 Å². The highest BCUT2D eigenvalue weighted by Gasteiger charge is 2.51. The molecular weight excluding hydrogens is 357 g/mol. The van der Waals surface area contributed by atoms with Crippen molar-refractivity contribution >= 4 is 16.7 Å². The number of nitrogens with one attached hydrogen (secondary N) is 1. The Hall–Kier alpha value is -2.28. The van der Waals surface area contributed by atoms with Crippen molar-refractivity contribution in [3.05, 3.63) is 42.0 Å². The summed E-state index contributed by atoms with van der Waals surface area (Å²) in [5.74, 6) is 0.216. The summed E-state index contributed by atoms with van der Waals surface area (Å²) in [7, 11) is 0. The Bertz CT molecular complexity index is 849. The lowest BCUT2D eigenvalue weighted by molar-refractivity contribution is -0.191. The first-order valence-electron chi connectivity index (χ1n) is 8.93. The lowest BCUT2D eigenvalue weighted by Crippen LogP contribution is -2.43. The van der Waals surface area contributed by atoms with Gasteiger partial charge in [-0.25, -0.2) is 5.01 Å². The highest BCUT2D eigenvalue weighted by atomic mass is 19.4.